The first-order valence-corrected chi connectivity index (χ1v) is 14.0. The molecule has 0 aliphatic rings. The van der Waals surface area contributed by atoms with Crippen LogP contribution in [0.1, 0.15) is 22.3 Å². The lowest BCUT2D eigenvalue weighted by Gasteiger charge is -2.32. The molecule has 4 aromatic carbocycles. The highest BCUT2D eigenvalue weighted by Crippen LogP contribution is 2.45. The van der Waals surface area contributed by atoms with Gasteiger partial charge in [0.05, 0.1) is 36.0 Å². The zero-order chi connectivity index (χ0) is 31.8. The van der Waals surface area contributed by atoms with Crippen molar-refractivity contribution in [2.75, 3.05) is 48.4 Å². The summed E-state index contributed by atoms with van der Waals surface area (Å²) in [6.07, 6.45) is 0.244. The Bertz CT molecular complexity index is 1600. The minimum atomic E-state index is -0.147. The number of nitrogens with two attached hydrogens (primary N) is 1. The molecule has 0 unspecified atom stereocenters. The van der Waals surface area contributed by atoms with Gasteiger partial charge in [0.1, 0.15) is 28.7 Å². The first-order valence-electron chi connectivity index (χ1n) is 14.0. The number of hydrogen-bond donors (Lipinski definition) is 10. The van der Waals surface area contributed by atoms with Gasteiger partial charge < -0.3 is 51.7 Å². The number of ether oxygens (including phenoxy) is 1. The van der Waals surface area contributed by atoms with E-state index in [1.807, 2.05) is 0 Å². The van der Waals surface area contributed by atoms with Crippen LogP contribution in [0.2, 0.25) is 0 Å². The largest absolute Gasteiger partial charge is 0.508 e. The number of nitrogens with zero attached hydrogens (tertiary/aromatic N) is 1. The van der Waals surface area contributed by atoms with Crippen LogP contribution < -0.4 is 26.8 Å². The van der Waals surface area contributed by atoms with Gasteiger partial charge in [-0.05, 0) is 73.5 Å². The minimum Gasteiger partial charge on any atom is -0.508 e. The number of phenols is 4. The molecule has 0 aliphatic carbocycles. The molecule has 11 N–H and O–H groups in total. The third-order valence-electron chi connectivity index (χ3n) is 7.06. The van der Waals surface area contributed by atoms with Crippen LogP contribution in [-0.4, -0.2) is 57.5 Å². The van der Waals surface area contributed by atoms with E-state index in [1.165, 1.54) is 19.2 Å². The third-order valence-corrected chi connectivity index (χ3v) is 7.06. The Kier molecular flexibility index (Phi) is 10.6. The van der Waals surface area contributed by atoms with E-state index >= 15 is 0 Å². The fourth-order valence-electron chi connectivity index (χ4n) is 4.76. The molecule has 12 nitrogen and oxygen atoms in total. The minimum absolute atomic E-state index is 0.0466. The van der Waals surface area contributed by atoms with Crippen LogP contribution in [0.5, 0.6) is 23.0 Å². The number of anilines is 6. The van der Waals surface area contributed by atoms with E-state index < -0.39 is 0 Å². The molecule has 0 saturated carbocycles. The van der Waals surface area contributed by atoms with Gasteiger partial charge in [0, 0.05) is 55.3 Å². The number of nitrogen functional groups attached to an aromatic ring is 1. The van der Waals surface area contributed by atoms with E-state index in [0.717, 1.165) is 0 Å². The SMILES string of the molecule is COCc1cc(NN(c2ccc(O)c(CNCCO)c2)c2c(N)cc(O)c(C)c2Nc2ccc(O)c(CCO)c2)ccc1O. The highest BCUT2D eigenvalue weighted by molar-refractivity contribution is 5.93. The molecule has 0 radical (unpaired) electrons. The molecule has 0 saturated heterocycles. The molecule has 0 atom stereocenters. The molecule has 4 aromatic rings. The number of hydrazine groups is 1. The summed E-state index contributed by atoms with van der Waals surface area (Å²) in [5.74, 6) is 0.125. The molecule has 44 heavy (non-hydrogen) atoms. The van der Waals surface area contributed by atoms with Gasteiger partial charge in [-0.1, -0.05) is 0 Å². The summed E-state index contributed by atoms with van der Waals surface area (Å²) >= 11 is 0. The molecule has 0 aliphatic heterocycles. The lowest BCUT2D eigenvalue weighted by molar-refractivity contribution is 0.182. The normalized spacial score (nSPS) is 11.0. The van der Waals surface area contributed by atoms with E-state index in [2.05, 4.69) is 16.1 Å². The lowest BCUT2D eigenvalue weighted by atomic mass is 10.1. The van der Waals surface area contributed by atoms with Gasteiger partial charge in [-0.25, -0.2) is 0 Å². The summed E-state index contributed by atoms with van der Waals surface area (Å²) < 4.78 is 5.24. The summed E-state index contributed by atoms with van der Waals surface area (Å²) in [5, 5.41) is 68.7. The van der Waals surface area contributed by atoms with E-state index in [4.69, 9.17) is 10.5 Å². The van der Waals surface area contributed by atoms with Gasteiger partial charge in [-0.3, -0.25) is 10.4 Å². The van der Waals surface area contributed by atoms with Crippen LogP contribution in [0.15, 0.2) is 60.7 Å². The van der Waals surface area contributed by atoms with E-state index in [1.54, 1.807) is 60.5 Å². The van der Waals surface area contributed by atoms with Crippen molar-refractivity contribution in [2.45, 2.75) is 26.5 Å². The number of aromatic hydroxyl groups is 4. The second-order valence-corrected chi connectivity index (χ2v) is 10.2. The number of nitrogens with one attached hydrogen (secondary N) is 3. The standard InChI is InChI=1S/C32H39N5O7/c1-19-30(43)16-26(33)32(31(19)35-23-3-6-27(40)20(13-23)9-11-38)37(36-24-4-7-29(42)22(14-24)18-44-2)25-5-8-28(41)21(15-25)17-34-10-12-39/h3-8,13-16,34-36,38-43H,9-12,17-18,33H2,1-2H3. The molecule has 0 amide bonds. The number of aliphatic hydroxyl groups is 2. The van der Waals surface area contributed by atoms with Crippen molar-refractivity contribution in [3.63, 3.8) is 0 Å². The summed E-state index contributed by atoms with van der Waals surface area (Å²) in [6, 6.07) is 16.3. The van der Waals surface area contributed by atoms with E-state index in [0.29, 0.717) is 57.2 Å². The highest BCUT2D eigenvalue weighted by Gasteiger charge is 2.23. The average molecular weight is 606 g/mol. The Morgan fingerprint density at radius 2 is 1.43 bits per heavy atom. The van der Waals surface area contributed by atoms with E-state index in [-0.39, 0.29) is 61.5 Å². The number of rotatable bonds is 14. The maximum absolute atomic E-state index is 10.8. The molecule has 0 spiro atoms. The van der Waals surface area contributed by atoms with Crippen molar-refractivity contribution in [1.29, 1.82) is 0 Å². The molecule has 0 fully saturated rings. The number of aliphatic hydroxyl groups excluding tert-OH is 2. The van der Waals surface area contributed by atoms with Crippen molar-refractivity contribution in [2.24, 2.45) is 0 Å². The van der Waals surface area contributed by atoms with Gasteiger partial charge in [-0.2, -0.15) is 0 Å². The monoisotopic (exact) mass is 605 g/mol. The summed E-state index contributed by atoms with van der Waals surface area (Å²) in [4.78, 5) is 0. The molecular weight excluding hydrogens is 566 g/mol. The first kappa shape index (κ1) is 32.0. The zero-order valence-corrected chi connectivity index (χ0v) is 24.6. The Hall–Kier alpha value is -4.88. The van der Waals surface area contributed by atoms with Crippen molar-refractivity contribution in [3.8, 4) is 23.0 Å². The summed E-state index contributed by atoms with van der Waals surface area (Å²) in [7, 11) is 1.53. The van der Waals surface area contributed by atoms with Crippen LogP contribution in [0.25, 0.3) is 0 Å². The molecule has 4 rings (SSSR count). The zero-order valence-electron chi connectivity index (χ0n) is 24.6. The average Bonchev–Trinajstić information content (AvgIpc) is 2.99. The van der Waals surface area contributed by atoms with Crippen LogP contribution in [0, 0.1) is 6.92 Å². The Morgan fingerprint density at radius 3 is 2.14 bits per heavy atom. The third kappa shape index (κ3) is 7.36. The number of phenolic OH excluding ortho intramolecular Hbond substituents is 4. The Morgan fingerprint density at radius 1 is 0.773 bits per heavy atom. The topological polar surface area (TPSA) is 196 Å². The predicted octanol–water partition coefficient (Wildman–Crippen LogP) is 4.07. The molecule has 234 valence electrons. The Balaban J connectivity index is 1.90. The van der Waals surface area contributed by atoms with Crippen molar-refractivity contribution < 1.29 is 35.4 Å². The highest BCUT2D eigenvalue weighted by atomic mass is 16.5. The quantitative estimate of drug-likeness (QED) is 0.0429. The summed E-state index contributed by atoms with van der Waals surface area (Å²) in [5.41, 5.74) is 14.9. The second-order valence-electron chi connectivity index (χ2n) is 10.2. The Labute approximate surface area is 255 Å². The van der Waals surface area contributed by atoms with Gasteiger partial charge >= 0.3 is 0 Å². The van der Waals surface area contributed by atoms with Gasteiger partial charge in [0.15, 0.2) is 0 Å². The fourth-order valence-corrected chi connectivity index (χ4v) is 4.76. The smallest absolute Gasteiger partial charge is 0.122 e. The lowest BCUT2D eigenvalue weighted by Crippen LogP contribution is -2.27. The molecule has 12 heteroatoms. The second kappa shape index (κ2) is 14.5. The molecule has 0 bridgehead atoms. The summed E-state index contributed by atoms with van der Waals surface area (Å²) in [6.45, 7) is 2.31. The van der Waals surface area contributed by atoms with E-state index in [9.17, 15) is 30.6 Å². The van der Waals surface area contributed by atoms with Crippen LogP contribution in [-0.2, 0) is 24.3 Å². The van der Waals surface area contributed by atoms with Crippen LogP contribution in [0.3, 0.4) is 0 Å². The predicted molar refractivity (Wildman–Crippen MR) is 171 cm³/mol. The molecule has 0 heterocycles. The first-order chi connectivity index (χ1) is 21.2. The van der Waals surface area contributed by atoms with Crippen molar-refractivity contribution in [3.05, 3.63) is 82.9 Å². The number of benzene rings is 4. The van der Waals surface area contributed by atoms with Crippen LogP contribution in [0.4, 0.5) is 34.1 Å². The number of hydrogen-bond acceptors (Lipinski definition) is 12. The van der Waals surface area contributed by atoms with Crippen LogP contribution >= 0.6 is 0 Å². The fraction of sp³-hybridized carbons (Fsp3) is 0.250. The maximum atomic E-state index is 10.8. The van der Waals surface area contributed by atoms with Gasteiger partial charge in [0.2, 0.25) is 0 Å². The molecular formula is C32H39N5O7. The van der Waals surface area contributed by atoms with Crippen molar-refractivity contribution in [1.82, 2.24) is 5.32 Å². The number of methoxy groups -OCH3 is 1. The van der Waals surface area contributed by atoms with Crippen molar-refractivity contribution >= 4 is 34.1 Å². The maximum Gasteiger partial charge on any atom is 0.122 e. The molecule has 0 aromatic heterocycles. The van der Waals surface area contributed by atoms with Gasteiger partial charge in [0.25, 0.3) is 0 Å². The van der Waals surface area contributed by atoms with Gasteiger partial charge in [-0.15, -0.1) is 0 Å².